The Bertz CT molecular complexity index is 356. The first-order chi connectivity index (χ1) is 6.60. The van der Waals surface area contributed by atoms with Gasteiger partial charge in [0.25, 0.3) is 0 Å². The van der Waals surface area contributed by atoms with E-state index in [1.807, 2.05) is 0 Å². The molecule has 3 heteroatoms. The predicted octanol–water partition coefficient (Wildman–Crippen LogP) is 2.30. The lowest BCUT2D eigenvalue weighted by atomic mass is 10.0. The van der Waals surface area contributed by atoms with Crippen LogP contribution in [0, 0.1) is 6.92 Å². The molecule has 76 valence electrons. The van der Waals surface area contributed by atoms with Crippen LogP contribution < -0.4 is 4.74 Å². The van der Waals surface area contributed by atoms with Gasteiger partial charge in [-0.1, -0.05) is 6.92 Å². The maximum absolute atomic E-state index is 11.5. The highest BCUT2D eigenvalue weighted by Gasteiger charge is 2.11. The number of ether oxygens (including phenoxy) is 1. The second kappa shape index (κ2) is 4.13. The summed E-state index contributed by atoms with van der Waals surface area (Å²) in [5.41, 5.74) is 1.39. The minimum absolute atomic E-state index is 0.0563. The van der Waals surface area contributed by atoms with E-state index in [0.717, 1.165) is 5.56 Å². The summed E-state index contributed by atoms with van der Waals surface area (Å²) in [5, 5.41) is 9.43. The number of benzene rings is 1. The van der Waals surface area contributed by atoms with Gasteiger partial charge >= 0.3 is 0 Å². The lowest BCUT2D eigenvalue weighted by Gasteiger charge is -2.08. The van der Waals surface area contributed by atoms with Gasteiger partial charge in [0.05, 0.1) is 7.11 Å². The monoisotopic (exact) mass is 194 g/mol. The molecule has 0 saturated carbocycles. The van der Waals surface area contributed by atoms with Crippen molar-refractivity contribution in [2.45, 2.75) is 20.3 Å². The van der Waals surface area contributed by atoms with Crippen molar-refractivity contribution in [2.75, 3.05) is 7.11 Å². The first-order valence-corrected chi connectivity index (χ1v) is 4.51. The van der Waals surface area contributed by atoms with Crippen molar-refractivity contribution in [3.8, 4) is 11.5 Å². The molecule has 0 spiro atoms. The van der Waals surface area contributed by atoms with Crippen molar-refractivity contribution in [1.82, 2.24) is 0 Å². The first kappa shape index (κ1) is 10.6. The predicted molar refractivity (Wildman–Crippen MR) is 54.0 cm³/mol. The Morgan fingerprint density at radius 2 is 2.14 bits per heavy atom. The standard InChI is InChI=1S/C11H14O3/c1-4-9(12)8-6-11(14-3)10(13)5-7(8)2/h5-6,13H,4H2,1-3H3. The largest absolute Gasteiger partial charge is 0.504 e. The van der Waals surface area contributed by atoms with Crippen LogP contribution >= 0.6 is 0 Å². The Balaban J connectivity index is 3.24. The average molecular weight is 194 g/mol. The van der Waals surface area contributed by atoms with Crippen LogP contribution in [0.1, 0.15) is 29.3 Å². The number of phenols is 1. The number of aryl methyl sites for hydroxylation is 1. The van der Waals surface area contributed by atoms with Gasteiger partial charge in [-0.2, -0.15) is 0 Å². The molecule has 0 radical (unpaired) electrons. The summed E-state index contributed by atoms with van der Waals surface area (Å²) in [7, 11) is 1.46. The Hall–Kier alpha value is -1.51. The number of phenolic OH excluding ortho intramolecular Hbond substituents is 1. The number of rotatable bonds is 3. The molecule has 0 aliphatic carbocycles. The zero-order valence-electron chi connectivity index (χ0n) is 8.63. The lowest BCUT2D eigenvalue weighted by molar-refractivity contribution is 0.0987. The van der Waals surface area contributed by atoms with Crippen LogP contribution in [0.15, 0.2) is 12.1 Å². The molecule has 14 heavy (non-hydrogen) atoms. The molecule has 1 rings (SSSR count). The maximum atomic E-state index is 11.5. The fourth-order valence-electron chi connectivity index (χ4n) is 1.33. The summed E-state index contributed by atoms with van der Waals surface area (Å²) in [6, 6.07) is 3.12. The minimum Gasteiger partial charge on any atom is -0.504 e. The number of ketones is 1. The zero-order valence-corrected chi connectivity index (χ0v) is 8.63. The van der Waals surface area contributed by atoms with E-state index in [1.165, 1.54) is 7.11 Å². The summed E-state index contributed by atoms with van der Waals surface area (Å²) in [4.78, 5) is 11.5. The molecule has 1 aromatic carbocycles. The second-order valence-electron chi connectivity index (χ2n) is 3.12. The summed E-state index contributed by atoms with van der Waals surface area (Å²) < 4.78 is 4.93. The van der Waals surface area contributed by atoms with Gasteiger partial charge in [0.1, 0.15) is 0 Å². The van der Waals surface area contributed by atoms with Crippen LogP contribution in [-0.2, 0) is 0 Å². The molecule has 0 fully saturated rings. The molecule has 1 N–H and O–H groups in total. The number of carbonyl (C=O) groups is 1. The Morgan fingerprint density at radius 3 is 2.64 bits per heavy atom. The van der Waals surface area contributed by atoms with Crippen LogP contribution in [0.25, 0.3) is 0 Å². The van der Waals surface area contributed by atoms with Gasteiger partial charge in [-0.05, 0) is 24.6 Å². The molecule has 0 aliphatic rings. The third-order valence-electron chi connectivity index (χ3n) is 2.15. The van der Waals surface area contributed by atoms with E-state index in [9.17, 15) is 9.90 Å². The van der Waals surface area contributed by atoms with Gasteiger partial charge in [-0.3, -0.25) is 4.79 Å². The molecule has 1 aromatic rings. The van der Waals surface area contributed by atoms with Gasteiger partial charge in [-0.15, -0.1) is 0 Å². The molecule has 3 nitrogen and oxygen atoms in total. The number of hydrogen-bond acceptors (Lipinski definition) is 3. The van der Waals surface area contributed by atoms with Crippen LogP contribution in [0.5, 0.6) is 11.5 Å². The highest BCUT2D eigenvalue weighted by atomic mass is 16.5. The smallest absolute Gasteiger partial charge is 0.163 e. The molecule has 0 aromatic heterocycles. The van der Waals surface area contributed by atoms with Crippen molar-refractivity contribution in [3.05, 3.63) is 23.3 Å². The zero-order chi connectivity index (χ0) is 10.7. The Labute approximate surface area is 83.3 Å². The SMILES string of the molecule is CCC(=O)c1cc(OC)c(O)cc1C. The topological polar surface area (TPSA) is 46.5 Å². The number of methoxy groups -OCH3 is 1. The number of Topliss-reactive ketones (excluding diaryl/α,β-unsaturated/α-hetero) is 1. The van der Waals surface area contributed by atoms with Crippen molar-refractivity contribution >= 4 is 5.78 Å². The van der Waals surface area contributed by atoms with Crippen molar-refractivity contribution in [3.63, 3.8) is 0 Å². The molecule has 0 atom stereocenters. The third-order valence-corrected chi connectivity index (χ3v) is 2.15. The normalized spacial score (nSPS) is 9.93. The summed E-state index contributed by atoms with van der Waals surface area (Å²) in [5.74, 6) is 0.464. The van der Waals surface area contributed by atoms with Gasteiger partial charge in [-0.25, -0.2) is 0 Å². The highest BCUT2D eigenvalue weighted by Crippen LogP contribution is 2.29. The summed E-state index contributed by atoms with van der Waals surface area (Å²) in [6.45, 7) is 3.60. The first-order valence-electron chi connectivity index (χ1n) is 4.51. The van der Waals surface area contributed by atoms with E-state index in [1.54, 1.807) is 26.0 Å². The van der Waals surface area contributed by atoms with Gasteiger partial charge in [0.2, 0.25) is 0 Å². The number of carbonyl (C=O) groups excluding carboxylic acids is 1. The molecular weight excluding hydrogens is 180 g/mol. The van der Waals surface area contributed by atoms with Gasteiger partial charge in [0, 0.05) is 12.0 Å². The Morgan fingerprint density at radius 1 is 1.50 bits per heavy atom. The molecule has 0 aliphatic heterocycles. The third kappa shape index (κ3) is 1.87. The summed E-state index contributed by atoms with van der Waals surface area (Å²) >= 11 is 0. The molecular formula is C11H14O3. The van der Waals surface area contributed by atoms with E-state index in [2.05, 4.69) is 0 Å². The summed E-state index contributed by atoms with van der Waals surface area (Å²) in [6.07, 6.45) is 0.453. The molecule has 0 unspecified atom stereocenters. The number of hydrogen-bond donors (Lipinski definition) is 1. The molecule has 0 amide bonds. The van der Waals surface area contributed by atoms with E-state index < -0.39 is 0 Å². The van der Waals surface area contributed by atoms with Crippen LogP contribution in [0.4, 0.5) is 0 Å². The van der Waals surface area contributed by atoms with Crippen molar-refractivity contribution in [2.24, 2.45) is 0 Å². The molecule has 0 bridgehead atoms. The Kier molecular flexibility index (Phi) is 3.12. The molecule has 0 saturated heterocycles. The van der Waals surface area contributed by atoms with Crippen molar-refractivity contribution in [1.29, 1.82) is 0 Å². The quantitative estimate of drug-likeness (QED) is 0.751. The van der Waals surface area contributed by atoms with Crippen LogP contribution in [0.3, 0.4) is 0 Å². The van der Waals surface area contributed by atoms with E-state index >= 15 is 0 Å². The van der Waals surface area contributed by atoms with Crippen molar-refractivity contribution < 1.29 is 14.6 Å². The van der Waals surface area contributed by atoms with Gasteiger partial charge in [0.15, 0.2) is 17.3 Å². The fraction of sp³-hybridized carbons (Fsp3) is 0.364. The van der Waals surface area contributed by atoms with Gasteiger partial charge < -0.3 is 9.84 Å². The van der Waals surface area contributed by atoms with Crippen LogP contribution in [0.2, 0.25) is 0 Å². The van der Waals surface area contributed by atoms with E-state index in [4.69, 9.17) is 4.74 Å². The second-order valence-corrected chi connectivity index (χ2v) is 3.12. The average Bonchev–Trinajstić information content (AvgIpc) is 2.17. The maximum Gasteiger partial charge on any atom is 0.163 e. The lowest BCUT2D eigenvalue weighted by Crippen LogP contribution is -2.00. The van der Waals surface area contributed by atoms with E-state index in [0.29, 0.717) is 17.7 Å². The number of aromatic hydroxyl groups is 1. The van der Waals surface area contributed by atoms with E-state index in [-0.39, 0.29) is 11.5 Å². The fourth-order valence-corrected chi connectivity index (χ4v) is 1.33. The minimum atomic E-state index is 0.0563. The highest BCUT2D eigenvalue weighted by molar-refractivity contribution is 5.97. The molecule has 0 heterocycles. The van der Waals surface area contributed by atoms with Crippen LogP contribution in [-0.4, -0.2) is 18.0 Å².